The Labute approximate surface area is 98.2 Å². The van der Waals surface area contributed by atoms with E-state index in [2.05, 4.69) is 0 Å². The molecule has 1 aromatic rings. The number of hydrogen-bond acceptors (Lipinski definition) is 2. The van der Waals surface area contributed by atoms with E-state index in [1.54, 1.807) is 6.07 Å². The molecule has 0 aromatic heterocycles. The fraction of sp³-hybridized carbons (Fsp3) is 0.500. The van der Waals surface area contributed by atoms with Gasteiger partial charge in [0.25, 0.3) is 0 Å². The van der Waals surface area contributed by atoms with Gasteiger partial charge in [0, 0.05) is 25.0 Å². The Morgan fingerprint density at radius 3 is 2.41 bits per heavy atom. The Balaban J connectivity index is 2.39. The minimum absolute atomic E-state index is 0.233. The van der Waals surface area contributed by atoms with Gasteiger partial charge in [-0.15, -0.1) is 0 Å². The minimum Gasteiger partial charge on any atom is -0.326 e. The van der Waals surface area contributed by atoms with Crippen LogP contribution in [-0.2, 0) is 6.18 Å². The van der Waals surface area contributed by atoms with Crippen molar-refractivity contribution in [1.82, 2.24) is 4.90 Å². The molecule has 0 radical (unpaired) electrons. The average molecular weight is 244 g/mol. The first-order chi connectivity index (χ1) is 7.89. The maximum absolute atomic E-state index is 12.9. The topological polar surface area (TPSA) is 29.3 Å². The Morgan fingerprint density at radius 1 is 1.24 bits per heavy atom. The summed E-state index contributed by atoms with van der Waals surface area (Å²) in [5, 5.41) is 0. The zero-order chi connectivity index (χ0) is 12.6. The number of rotatable bonds is 1. The first-order valence-corrected chi connectivity index (χ1v) is 5.50. The molecule has 2 rings (SSSR count). The molecule has 2 unspecified atom stereocenters. The first-order valence-electron chi connectivity index (χ1n) is 5.50. The van der Waals surface area contributed by atoms with Crippen molar-refractivity contribution < 1.29 is 13.2 Å². The van der Waals surface area contributed by atoms with Gasteiger partial charge in [-0.25, -0.2) is 0 Å². The number of nitrogens with zero attached hydrogens (tertiary/aromatic N) is 1. The van der Waals surface area contributed by atoms with Crippen molar-refractivity contribution in [2.75, 3.05) is 20.1 Å². The van der Waals surface area contributed by atoms with Crippen LogP contribution >= 0.6 is 0 Å². The van der Waals surface area contributed by atoms with Gasteiger partial charge in [0.1, 0.15) is 0 Å². The largest absolute Gasteiger partial charge is 0.416 e. The van der Waals surface area contributed by atoms with Crippen LogP contribution in [-0.4, -0.2) is 31.1 Å². The highest BCUT2D eigenvalue weighted by atomic mass is 19.4. The maximum Gasteiger partial charge on any atom is 0.416 e. The Kier molecular flexibility index (Phi) is 3.14. The van der Waals surface area contributed by atoms with Crippen molar-refractivity contribution in [2.45, 2.75) is 18.1 Å². The van der Waals surface area contributed by atoms with Crippen molar-refractivity contribution in [2.24, 2.45) is 5.73 Å². The molecule has 2 atom stereocenters. The second-order valence-electron chi connectivity index (χ2n) is 4.58. The van der Waals surface area contributed by atoms with Gasteiger partial charge >= 0.3 is 6.18 Å². The summed E-state index contributed by atoms with van der Waals surface area (Å²) >= 11 is 0. The van der Waals surface area contributed by atoms with E-state index in [9.17, 15) is 13.2 Å². The minimum atomic E-state index is -4.31. The summed E-state index contributed by atoms with van der Waals surface area (Å²) in [6.45, 7) is 1.21. The lowest BCUT2D eigenvalue weighted by Gasteiger charge is -2.20. The molecular formula is C12H15F3N2. The second kappa shape index (κ2) is 4.31. The van der Waals surface area contributed by atoms with Gasteiger partial charge in [-0.3, -0.25) is 0 Å². The Hall–Kier alpha value is -1.07. The molecule has 0 saturated carbocycles. The van der Waals surface area contributed by atoms with Crippen LogP contribution in [0.2, 0.25) is 0 Å². The van der Waals surface area contributed by atoms with E-state index in [1.165, 1.54) is 12.1 Å². The summed E-state index contributed by atoms with van der Waals surface area (Å²) in [5.74, 6) is -0.238. The van der Waals surface area contributed by atoms with E-state index in [0.717, 1.165) is 6.07 Å². The van der Waals surface area contributed by atoms with Crippen molar-refractivity contribution in [3.63, 3.8) is 0 Å². The van der Waals surface area contributed by atoms with Crippen LogP contribution < -0.4 is 5.73 Å². The monoisotopic (exact) mass is 244 g/mol. The molecule has 0 aliphatic carbocycles. The van der Waals surface area contributed by atoms with Gasteiger partial charge in [-0.1, -0.05) is 18.2 Å². The standard InChI is InChI=1S/C12H15F3N2/c1-17-6-9(11(16)7-17)8-4-2-3-5-10(8)12(13,14)15/h2-5,9,11H,6-7,16H2,1H3. The number of likely N-dealkylation sites (N-methyl/N-ethyl adjacent to an activating group) is 1. The van der Waals surface area contributed by atoms with E-state index >= 15 is 0 Å². The van der Waals surface area contributed by atoms with Crippen LogP contribution in [0, 0.1) is 0 Å². The summed E-state index contributed by atoms with van der Waals surface area (Å²) in [6, 6.07) is 5.47. The van der Waals surface area contributed by atoms with E-state index in [-0.39, 0.29) is 12.0 Å². The van der Waals surface area contributed by atoms with Gasteiger partial charge in [-0.05, 0) is 18.7 Å². The average Bonchev–Trinajstić information content (AvgIpc) is 2.56. The molecule has 1 fully saturated rings. The molecule has 0 bridgehead atoms. The highest BCUT2D eigenvalue weighted by molar-refractivity contribution is 5.35. The summed E-state index contributed by atoms with van der Waals surface area (Å²) in [5.41, 5.74) is 5.66. The molecule has 5 heteroatoms. The Morgan fingerprint density at radius 2 is 1.88 bits per heavy atom. The number of benzene rings is 1. The molecule has 0 amide bonds. The van der Waals surface area contributed by atoms with Gasteiger partial charge in [-0.2, -0.15) is 13.2 Å². The lowest BCUT2D eigenvalue weighted by atomic mass is 9.90. The van der Waals surface area contributed by atoms with Crippen LogP contribution in [0.5, 0.6) is 0 Å². The van der Waals surface area contributed by atoms with Crippen LogP contribution in [0.1, 0.15) is 17.0 Å². The predicted molar refractivity (Wildman–Crippen MR) is 59.7 cm³/mol. The van der Waals surface area contributed by atoms with Gasteiger partial charge < -0.3 is 10.6 Å². The van der Waals surface area contributed by atoms with Gasteiger partial charge in [0.15, 0.2) is 0 Å². The molecule has 1 aliphatic rings. The summed E-state index contributed by atoms with van der Waals surface area (Å²) in [4.78, 5) is 1.96. The Bertz CT molecular complexity index is 403. The molecule has 94 valence electrons. The lowest BCUT2D eigenvalue weighted by molar-refractivity contribution is -0.138. The molecule has 17 heavy (non-hydrogen) atoms. The zero-order valence-electron chi connectivity index (χ0n) is 9.54. The molecule has 1 saturated heterocycles. The lowest BCUT2D eigenvalue weighted by Crippen LogP contribution is -2.29. The molecule has 1 aromatic carbocycles. The summed E-state index contributed by atoms with van der Waals surface area (Å²) in [6.07, 6.45) is -4.31. The highest BCUT2D eigenvalue weighted by Gasteiger charge is 2.38. The second-order valence-corrected chi connectivity index (χ2v) is 4.58. The molecule has 1 aliphatic heterocycles. The molecular weight excluding hydrogens is 229 g/mol. The van der Waals surface area contributed by atoms with E-state index in [0.29, 0.717) is 18.7 Å². The third-order valence-corrected chi connectivity index (χ3v) is 3.21. The number of nitrogens with two attached hydrogens (primary N) is 1. The fourth-order valence-corrected chi connectivity index (χ4v) is 2.44. The van der Waals surface area contributed by atoms with Gasteiger partial charge in [0.05, 0.1) is 5.56 Å². The number of alkyl halides is 3. The quantitative estimate of drug-likeness (QED) is 0.819. The number of halogens is 3. The van der Waals surface area contributed by atoms with Crippen LogP contribution in [0.15, 0.2) is 24.3 Å². The van der Waals surface area contributed by atoms with Crippen molar-refractivity contribution >= 4 is 0 Å². The van der Waals surface area contributed by atoms with E-state index in [1.807, 2.05) is 11.9 Å². The molecule has 1 heterocycles. The van der Waals surface area contributed by atoms with Crippen molar-refractivity contribution in [3.05, 3.63) is 35.4 Å². The van der Waals surface area contributed by atoms with Crippen LogP contribution in [0.25, 0.3) is 0 Å². The smallest absolute Gasteiger partial charge is 0.326 e. The van der Waals surface area contributed by atoms with Crippen molar-refractivity contribution in [1.29, 1.82) is 0 Å². The zero-order valence-corrected chi connectivity index (χ0v) is 9.54. The van der Waals surface area contributed by atoms with E-state index < -0.39 is 11.7 Å². The SMILES string of the molecule is CN1CC(N)C(c2ccccc2C(F)(F)F)C1. The molecule has 2 N–H and O–H groups in total. The number of hydrogen-bond donors (Lipinski definition) is 1. The van der Waals surface area contributed by atoms with Crippen LogP contribution in [0.3, 0.4) is 0 Å². The third kappa shape index (κ3) is 2.45. The summed E-state index contributed by atoms with van der Waals surface area (Å²) < 4.78 is 38.6. The first kappa shape index (κ1) is 12.4. The number of likely N-dealkylation sites (tertiary alicyclic amines) is 1. The highest BCUT2D eigenvalue weighted by Crippen LogP contribution is 2.37. The normalized spacial score (nSPS) is 26.4. The van der Waals surface area contributed by atoms with E-state index in [4.69, 9.17) is 5.73 Å². The maximum atomic E-state index is 12.9. The molecule has 2 nitrogen and oxygen atoms in total. The molecule has 0 spiro atoms. The third-order valence-electron chi connectivity index (χ3n) is 3.21. The van der Waals surface area contributed by atoms with Gasteiger partial charge in [0.2, 0.25) is 0 Å². The predicted octanol–water partition coefficient (Wildman–Crippen LogP) is 2.06. The summed E-state index contributed by atoms with van der Waals surface area (Å²) in [7, 11) is 1.87. The fourth-order valence-electron chi connectivity index (χ4n) is 2.44. The van der Waals surface area contributed by atoms with Crippen LogP contribution in [0.4, 0.5) is 13.2 Å². The van der Waals surface area contributed by atoms with Crippen molar-refractivity contribution in [3.8, 4) is 0 Å².